The summed E-state index contributed by atoms with van der Waals surface area (Å²) >= 11 is 0. The number of amides is 2. The van der Waals surface area contributed by atoms with E-state index in [1.54, 1.807) is 7.05 Å². The number of hydrogen-bond donors (Lipinski definition) is 2. The molecule has 6 nitrogen and oxygen atoms in total. The quantitative estimate of drug-likeness (QED) is 0.743. The van der Waals surface area contributed by atoms with Crippen molar-refractivity contribution in [2.24, 2.45) is 17.6 Å². The summed E-state index contributed by atoms with van der Waals surface area (Å²) < 4.78 is 0. The first kappa shape index (κ1) is 16.2. The third-order valence-corrected chi connectivity index (χ3v) is 4.86. The maximum Gasteiger partial charge on any atom is 0.233 e. The lowest BCUT2D eigenvalue weighted by Crippen LogP contribution is -2.52. The van der Waals surface area contributed by atoms with E-state index in [1.165, 1.54) is 0 Å². The van der Waals surface area contributed by atoms with Crippen molar-refractivity contribution in [3.05, 3.63) is 0 Å². The van der Waals surface area contributed by atoms with E-state index in [9.17, 15) is 9.59 Å². The van der Waals surface area contributed by atoms with Crippen molar-refractivity contribution >= 4 is 11.8 Å². The number of carbonyl (C=O) groups is 2. The summed E-state index contributed by atoms with van der Waals surface area (Å²) in [7, 11) is 1.65. The number of nitrogens with two attached hydrogens (primary N) is 1. The van der Waals surface area contributed by atoms with Crippen LogP contribution in [0, 0.1) is 11.8 Å². The van der Waals surface area contributed by atoms with E-state index in [4.69, 9.17) is 5.73 Å². The van der Waals surface area contributed by atoms with Crippen molar-refractivity contribution in [3.63, 3.8) is 0 Å². The summed E-state index contributed by atoms with van der Waals surface area (Å²) in [5.41, 5.74) is 5.70. The van der Waals surface area contributed by atoms with Gasteiger partial charge in [0.25, 0.3) is 0 Å². The van der Waals surface area contributed by atoms with Crippen LogP contribution >= 0.6 is 0 Å². The van der Waals surface area contributed by atoms with E-state index < -0.39 is 0 Å². The highest BCUT2D eigenvalue weighted by Crippen LogP contribution is 2.29. The molecule has 0 radical (unpaired) electrons. The SMILES string of the molecule is CNC(=O)CN1CCN(C(=O)C2CCC(CN)CC2)CC1. The lowest BCUT2D eigenvalue weighted by molar-refractivity contribution is -0.138. The minimum Gasteiger partial charge on any atom is -0.358 e. The van der Waals surface area contributed by atoms with E-state index in [0.29, 0.717) is 18.4 Å². The zero-order chi connectivity index (χ0) is 15.2. The topological polar surface area (TPSA) is 78.7 Å². The van der Waals surface area contributed by atoms with Gasteiger partial charge in [-0.05, 0) is 38.1 Å². The Bertz CT molecular complexity index is 359. The number of hydrogen-bond acceptors (Lipinski definition) is 4. The molecule has 0 atom stereocenters. The van der Waals surface area contributed by atoms with E-state index in [0.717, 1.165) is 58.4 Å². The highest BCUT2D eigenvalue weighted by Gasteiger charge is 2.30. The van der Waals surface area contributed by atoms with Crippen LogP contribution in [-0.4, -0.2) is 67.9 Å². The van der Waals surface area contributed by atoms with Gasteiger partial charge in [0.1, 0.15) is 0 Å². The van der Waals surface area contributed by atoms with Gasteiger partial charge < -0.3 is 16.0 Å². The molecule has 0 bridgehead atoms. The van der Waals surface area contributed by atoms with Crippen LogP contribution in [0.3, 0.4) is 0 Å². The van der Waals surface area contributed by atoms with Gasteiger partial charge in [0.2, 0.25) is 11.8 Å². The standard InChI is InChI=1S/C15H28N4O2/c1-17-14(20)11-18-6-8-19(9-7-18)15(21)13-4-2-12(10-16)3-5-13/h12-13H,2-11,16H2,1H3,(H,17,20). The molecule has 0 aromatic heterocycles. The van der Waals surface area contributed by atoms with Crippen molar-refractivity contribution < 1.29 is 9.59 Å². The third kappa shape index (κ3) is 4.41. The fourth-order valence-electron chi connectivity index (χ4n) is 3.31. The number of nitrogens with one attached hydrogen (secondary N) is 1. The first-order valence-electron chi connectivity index (χ1n) is 8.05. The van der Waals surface area contributed by atoms with Crippen LogP contribution in [0.5, 0.6) is 0 Å². The second-order valence-corrected chi connectivity index (χ2v) is 6.23. The molecule has 2 amide bonds. The van der Waals surface area contributed by atoms with Crippen molar-refractivity contribution in [1.29, 1.82) is 0 Å². The Hall–Kier alpha value is -1.14. The van der Waals surface area contributed by atoms with Gasteiger partial charge in [-0.25, -0.2) is 0 Å². The molecule has 2 rings (SSSR count). The van der Waals surface area contributed by atoms with Gasteiger partial charge in [-0.1, -0.05) is 0 Å². The lowest BCUT2D eigenvalue weighted by Gasteiger charge is -2.37. The van der Waals surface area contributed by atoms with Crippen LogP contribution < -0.4 is 11.1 Å². The van der Waals surface area contributed by atoms with E-state index >= 15 is 0 Å². The molecule has 2 aliphatic rings. The van der Waals surface area contributed by atoms with Gasteiger partial charge in [0.15, 0.2) is 0 Å². The summed E-state index contributed by atoms with van der Waals surface area (Å²) in [4.78, 5) is 28.0. The maximum absolute atomic E-state index is 12.5. The molecular weight excluding hydrogens is 268 g/mol. The Morgan fingerprint density at radius 3 is 2.24 bits per heavy atom. The molecule has 1 aliphatic carbocycles. The van der Waals surface area contributed by atoms with Crippen molar-refractivity contribution in [2.75, 3.05) is 46.3 Å². The normalized spacial score (nSPS) is 27.4. The molecule has 1 saturated heterocycles. The van der Waals surface area contributed by atoms with Crippen molar-refractivity contribution in [3.8, 4) is 0 Å². The van der Waals surface area contributed by atoms with Gasteiger partial charge in [0, 0.05) is 39.1 Å². The Morgan fingerprint density at radius 2 is 1.71 bits per heavy atom. The van der Waals surface area contributed by atoms with Gasteiger partial charge >= 0.3 is 0 Å². The molecule has 3 N–H and O–H groups in total. The number of nitrogens with zero attached hydrogens (tertiary/aromatic N) is 2. The summed E-state index contributed by atoms with van der Waals surface area (Å²) in [6.45, 7) is 4.24. The zero-order valence-corrected chi connectivity index (χ0v) is 13.0. The molecule has 0 aromatic rings. The van der Waals surface area contributed by atoms with E-state index in [-0.39, 0.29) is 11.8 Å². The molecule has 2 fully saturated rings. The molecule has 1 heterocycles. The first-order chi connectivity index (χ1) is 10.1. The molecule has 0 unspecified atom stereocenters. The predicted molar refractivity (Wildman–Crippen MR) is 81.6 cm³/mol. The average molecular weight is 296 g/mol. The lowest BCUT2D eigenvalue weighted by atomic mass is 9.81. The number of likely N-dealkylation sites (N-methyl/N-ethyl adjacent to an activating group) is 1. The summed E-state index contributed by atoms with van der Waals surface area (Å²) in [5, 5.41) is 2.64. The Kier molecular flexibility index (Phi) is 5.99. The minimum absolute atomic E-state index is 0.0369. The van der Waals surface area contributed by atoms with Gasteiger partial charge in [0.05, 0.1) is 6.54 Å². The van der Waals surface area contributed by atoms with Crippen molar-refractivity contribution in [1.82, 2.24) is 15.1 Å². The molecule has 6 heteroatoms. The van der Waals surface area contributed by atoms with E-state index in [2.05, 4.69) is 10.2 Å². The van der Waals surface area contributed by atoms with Crippen LogP contribution in [0.1, 0.15) is 25.7 Å². The molecular formula is C15H28N4O2. The monoisotopic (exact) mass is 296 g/mol. The highest BCUT2D eigenvalue weighted by atomic mass is 16.2. The molecule has 0 spiro atoms. The fourth-order valence-corrected chi connectivity index (χ4v) is 3.31. The Labute approximate surface area is 127 Å². The first-order valence-corrected chi connectivity index (χ1v) is 8.05. The maximum atomic E-state index is 12.5. The largest absolute Gasteiger partial charge is 0.358 e. The third-order valence-electron chi connectivity index (χ3n) is 4.86. The Morgan fingerprint density at radius 1 is 1.10 bits per heavy atom. The summed E-state index contributed by atoms with van der Waals surface area (Å²) in [6, 6.07) is 0. The molecule has 21 heavy (non-hydrogen) atoms. The summed E-state index contributed by atoms with van der Waals surface area (Å²) in [6.07, 6.45) is 4.14. The van der Waals surface area contributed by atoms with Gasteiger partial charge in [-0.15, -0.1) is 0 Å². The highest BCUT2D eigenvalue weighted by molar-refractivity contribution is 5.79. The molecule has 0 aromatic carbocycles. The molecule has 1 aliphatic heterocycles. The van der Waals surface area contributed by atoms with Crippen molar-refractivity contribution in [2.45, 2.75) is 25.7 Å². The fraction of sp³-hybridized carbons (Fsp3) is 0.867. The Balaban J connectivity index is 1.74. The second kappa shape index (κ2) is 7.75. The van der Waals surface area contributed by atoms with Crippen LogP contribution in [0.4, 0.5) is 0 Å². The zero-order valence-electron chi connectivity index (χ0n) is 13.0. The molecule has 1 saturated carbocycles. The molecule has 120 valence electrons. The second-order valence-electron chi connectivity index (χ2n) is 6.23. The number of carbonyl (C=O) groups excluding carboxylic acids is 2. The van der Waals surface area contributed by atoms with E-state index in [1.807, 2.05) is 4.90 Å². The average Bonchev–Trinajstić information content (AvgIpc) is 2.55. The van der Waals surface area contributed by atoms with Crippen LogP contribution in [0.25, 0.3) is 0 Å². The number of rotatable bonds is 4. The number of piperazine rings is 1. The van der Waals surface area contributed by atoms with Gasteiger partial charge in [-0.3, -0.25) is 14.5 Å². The summed E-state index contributed by atoms with van der Waals surface area (Å²) in [5.74, 6) is 1.15. The van der Waals surface area contributed by atoms with Crippen LogP contribution in [0.15, 0.2) is 0 Å². The van der Waals surface area contributed by atoms with Crippen LogP contribution in [-0.2, 0) is 9.59 Å². The van der Waals surface area contributed by atoms with Crippen LogP contribution in [0.2, 0.25) is 0 Å². The smallest absolute Gasteiger partial charge is 0.233 e. The van der Waals surface area contributed by atoms with Gasteiger partial charge in [-0.2, -0.15) is 0 Å². The minimum atomic E-state index is 0.0369. The predicted octanol–water partition coefficient (Wildman–Crippen LogP) is -0.358.